The lowest BCUT2D eigenvalue weighted by Crippen LogP contribution is -2.32. The molecule has 164 valence electrons. The molecule has 1 N–H and O–H groups in total. The molecule has 0 spiro atoms. The molecule has 11 heteroatoms. The molecule has 1 fully saturated rings. The molecule has 9 nitrogen and oxygen atoms in total. The number of aryl methyl sites for hydroxylation is 1. The lowest BCUT2D eigenvalue weighted by molar-refractivity contribution is 0.326. The van der Waals surface area contributed by atoms with Crippen molar-refractivity contribution in [1.29, 1.82) is 0 Å². The smallest absolute Gasteiger partial charge is 0.262 e. The quantitative estimate of drug-likeness (QED) is 0.592. The molecule has 1 aliphatic rings. The topological polar surface area (TPSA) is 102 Å². The van der Waals surface area contributed by atoms with E-state index in [0.717, 1.165) is 5.56 Å². The molecule has 2 aromatic heterocycles. The number of nitrogens with zero attached hydrogens (tertiary/aromatic N) is 5. The van der Waals surface area contributed by atoms with Gasteiger partial charge in [-0.1, -0.05) is 12.1 Å². The number of rotatable bonds is 7. The third kappa shape index (κ3) is 4.52. The molecule has 0 unspecified atom stereocenters. The Kier molecular flexibility index (Phi) is 5.88. The van der Waals surface area contributed by atoms with Crippen molar-refractivity contribution in [2.75, 3.05) is 25.0 Å². The summed E-state index contributed by atoms with van der Waals surface area (Å²) in [6.07, 6.45) is 4.31. The van der Waals surface area contributed by atoms with Crippen LogP contribution in [-0.2, 0) is 17.1 Å². The maximum absolute atomic E-state index is 13.5. The maximum Gasteiger partial charge on any atom is 0.262 e. The number of nitrogens with one attached hydrogen (secondary N) is 1. The van der Waals surface area contributed by atoms with Crippen molar-refractivity contribution in [1.82, 2.24) is 23.8 Å². The number of hydrogen-bond donors (Lipinski definition) is 1. The minimum atomic E-state index is -3.78. The number of aromatic nitrogens is 4. The van der Waals surface area contributed by atoms with Crippen LogP contribution in [0.25, 0.3) is 0 Å². The average molecular weight is 447 g/mol. The number of sulfonamides is 1. The van der Waals surface area contributed by atoms with Gasteiger partial charge in [0.1, 0.15) is 18.0 Å². The van der Waals surface area contributed by atoms with E-state index in [1.54, 1.807) is 29.8 Å². The van der Waals surface area contributed by atoms with Gasteiger partial charge in [-0.05, 0) is 24.6 Å². The summed E-state index contributed by atoms with van der Waals surface area (Å²) in [5.41, 5.74) is 0.830. The van der Waals surface area contributed by atoms with Crippen LogP contribution in [0.4, 0.5) is 10.2 Å². The van der Waals surface area contributed by atoms with Crippen molar-refractivity contribution in [3.8, 4) is 5.88 Å². The normalized spacial score (nSPS) is 19.5. The molecule has 3 aromatic rings. The molecule has 4 rings (SSSR count). The predicted molar refractivity (Wildman–Crippen MR) is 112 cm³/mol. The van der Waals surface area contributed by atoms with Gasteiger partial charge in [-0.15, -0.1) is 0 Å². The summed E-state index contributed by atoms with van der Waals surface area (Å²) in [7, 11) is -2.06. The van der Waals surface area contributed by atoms with Gasteiger partial charge in [-0.2, -0.15) is 4.31 Å². The van der Waals surface area contributed by atoms with Crippen LogP contribution in [-0.4, -0.2) is 58.0 Å². The van der Waals surface area contributed by atoms with Crippen LogP contribution in [0.3, 0.4) is 0 Å². The Balaban J connectivity index is 1.64. The molecule has 31 heavy (non-hydrogen) atoms. The Bertz CT molecular complexity index is 1150. The maximum atomic E-state index is 13.5. The summed E-state index contributed by atoms with van der Waals surface area (Å²) in [6.45, 7) is 2.76. The van der Waals surface area contributed by atoms with Crippen molar-refractivity contribution in [3.05, 3.63) is 60.6 Å². The van der Waals surface area contributed by atoms with Gasteiger partial charge < -0.3 is 14.6 Å². The van der Waals surface area contributed by atoms with Gasteiger partial charge in [0.2, 0.25) is 5.88 Å². The van der Waals surface area contributed by atoms with Gasteiger partial charge >= 0.3 is 0 Å². The molecule has 3 heterocycles. The van der Waals surface area contributed by atoms with Gasteiger partial charge in [-0.25, -0.2) is 27.8 Å². The van der Waals surface area contributed by atoms with E-state index in [-0.39, 0.29) is 35.9 Å². The largest absolute Gasteiger partial charge is 0.478 e. The zero-order chi connectivity index (χ0) is 22.0. The molecule has 0 radical (unpaired) electrons. The molecule has 0 aliphatic carbocycles. The number of hydrogen-bond acceptors (Lipinski definition) is 7. The first-order valence-corrected chi connectivity index (χ1v) is 11.3. The SMILES string of the molecule is CCOc1cc(N[C@H]2CN(S(=O)(=O)c3cn(C)cn3)C[C@@H]2c2ccc(F)cc2)ncn1. The van der Waals surface area contributed by atoms with Crippen LogP contribution in [0.15, 0.2) is 54.2 Å². The fourth-order valence-corrected chi connectivity index (χ4v) is 5.11. The fourth-order valence-electron chi connectivity index (χ4n) is 3.65. The Hall–Kier alpha value is -3.05. The molecule has 1 aromatic carbocycles. The summed E-state index contributed by atoms with van der Waals surface area (Å²) in [5, 5.41) is 3.30. The van der Waals surface area contributed by atoms with E-state index in [4.69, 9.17) is 4.74 Å². The monoisotopic (exact) mass is 446 g/mol. The first kappa shape index (κ1) is 21.2. The van der Waals surface area contributed by atoms with Crippen LogP contribution in [0.1, 0.15) is 18.4 Å². The van der Waals surface area contributed by atoms with Gasteiger partial charge in [0.25, 0.3) is 10.0 Å². The number of ether oxygens (including phenoxy) is 1. The Morgan fingerprint density at radius 3 is 2.65 bits per heavy atom. The molecule has 1 aliphatic heterocycles. The summed E-state index contributed by atoms with van der Waals surface area (Å²) in [4.78, 5) is 12.3. The van der Waals surface area contributed by atoms with E-state index >= 15 is 0 Å². The number of imidazole rings is 1. The molecule has 0 saturated carbocycles. The summed E-state index contributed by atoms with van der Waals surface area (Å²) in [5.74, 6) is 0.382. The highest BCUT2D eigenvalue weighted by Gasteiger charge is 2.41. The van der Waals surface area contributed by atoms with E-state index in [0.29, 0.717) is 18.3 Å². The standard InChI is InChI=1S/C20H23FN6O3S/c1-3-30-19-8-18(22-12-23-19)25-17-10-27(31(28,29)20-11-26(2)13-24-20)9-16(17)14-4-6-15(21)7-5-14/h4-8,11-13,16-17H,3,9-10H2,1-2H3,(H,22,23,25)/t16-,17+/m1/s1. The van der Waals surface area contributed by atoms with Crippen LogP contribution in [0.5, 0.6) is 5.88 Å². The minimum Gasteiger partial charge on any atom is -0.478 e. The van der Waals surface area contributed by atoms with Crippen molar-refractivity contribution in [3.63, 3.8) is 0 Å². The molecule has 2 atom stereocenters. The zero-order valence-corrected chi connectivity index (χ0v) is 18.0. The van der Waals surface area contributed by atoms with E-state index in [1.807, 2.05) is 6.92 Å². The second-order valence-electron chi connectivity index (χ2n) is 7.28. The highest BCUT2D eigenvalue weighted by molar-refractivity contribution is 7.89. The predicted octanol–water partition coefficient (Wildman–Crippen LogP) is 2.02. The Labute approximate surface area is 180 Å². The van der Waals surface area contributed by atoms with Crippen LogP contribution < -0.4 is 10.1 Å². The highest BCUT2D eigenvalue weighted by atomic mass is 32.2. The number of anilines is 1. The van der Waals surface area contributed by atoms with Gasteiger partial charge in [-0.3, -0.25) is 0 Å². The Morgan fingerprint density at radius 1 is 1.19 bits per heavy atom. The third-order valence-corrected chi connectivity index (χ3v) is 6.85. The van der Waals surface area contributed by atoms with E-state index in [2.05, 4.69) is 20.3 Å². The minimum absolute atomic E-state index is 0.00539. The summed E-state index contributed by atoms with van der Waals surface area (Å²) < 4.78 is 48.1. The number of benzene rings is 1. The lowest BCUT2D eigenvalue weighted by Gasteiger charge is -2.20. The average Bonchev–Trinajstić information content (AvgIpc) is 3.37. The van der Waals surface area contributed by atoms with Crippen molar-refractivity contribution < 1.29 is 17.5 Å². The third-order valence-electron chi connectivity index (χ3n) is 5.14. The van der Waals surface area contributed by atoms with Crippen molar-refractivity contribution in [2.45, 2.75) is 23.9 Å². The van der Waals surface area contributed by atoms with E-state index in [1.165, 1.54) is 35.3 Å². The summed E-state index contributed by atoms with van der Waals surface area (Å²) >= 11 is 0. The first-order chi connectivity index (χ1) is 14.9. The molecule has 0 bridgehead atoms. The molecule has 1 saturated heterocycles. The second kappa shape index (κ2) is 8.60. The van der Waals surface area contributed by atoms with E-state index < -0.39 is 10.0 Å². The first-order valence-electron chi connectivity index (χ1n) is 9.81. The second-order valence-corrected chi connectivity index (χ2v) is 9.17. The van der Waals surface area contributed by atoms with Gasteiger partial charge in [0.05, 0.1) is 12.9 Å². The van der Waals surface area contributed by atoms with Gasteiger partial charge in [0, 0.05) is 44.4 Å². The molecular weight excluding hydrogens is 423 g/mol. The summed E-state index contributed by atoms with van der Waals surface area (Å²) in [6, 6.07) is 7.48. The lowest BCUT2D eigenvalue weighted by atomic mass is 9.94. The van der Waals surface area contributed by atoms with Gasteiger partial charge in [0.15, 0.2) is 5.03 Å². The molecule has 0 amide bonds. The number of halogens is 1. The van der Waals surface area contributed by atoms with Crippen molar-refractivity contribution >= 4 is 15.8 Å². The molecular formula is C20H23FN6O3S. The van der Waals surface area contributed by atoms with E-state index in [9.17, 15) is 12.8 Å². The fraction of sp³-hybridized carbons (Fsp3) is 0.350. The highest BCUT2D eigenvalue weighted by Crippen LogP contribution is 2.33. The van der Waals surface area contributed by atoms with Crippen LogP contribution in [0, 0.1) is 5.82 Å². The van der Waals surface area contributed by atoms with Crippen LogP contribution >= 0.6 is 0 Å². The zero-order valence-electron chi connectivity index (χ0n) is 17.1. The Morgan fingerprint density at radius 2 is 1.97 bits per heavy atom. The van der Waals surface area contributed by atoms with Crippen LogP contribution in [0.2, 0.25) is 0 Å². The van der Waals surface area contributed by atoms with Crippen molar-refractivity contribution in [2.24, 2.45) is 7.05 Å².